The maximum Gasteiger partial charge on any atom is 0.190 e. The number of allylic oxidation sites excluding steroid dienone is 1. The largest absolute Gasteiger partial charge is 0.247 e. The average molecular weight is 238 g/mol. The van der Waals surface area contributed by atoms with Gasteiger partial charge in [-0.1, -0.05) is 17.7 Å². The lowest BCUT2D eigenvalue weighted by molar-refractivity contribution is 0.640. The molecule has 0 saturated heterocycles. The van der Waals surface area contributed by atoms with Crippen LogP contribution >= 0.6 is 0 Å². The molecule has 1 saturated carbocycles. The van der Waals surface area contributed by atoms with Crippen LogP contribution in [0.3, 0.4) is 0 Å². The number of benzene rings is 1. The highest BCUT2D eigenvalue weighted by molar-refractivity contribution is 7.88. The molecule has 0 radical (unpaired) electrons. The molecule has 1 aromatic carbocycles. The van der Waals surface area contributed by atoms with E-state index in [0.29, 0.717) is 4.90 Å². The minimum atomic E-state index is -1.61. The minimum absolute atomic E-state index is 0.415. The van der Waals surface area contributed by atoms with Gasteiger partial charge in [-0.2, -0.15) is 4.39 Å². The summed E-state index contributed by atoms with van der Waals surface area (Å²) in [6, 6.07) is 7.20. The van der Waals surface area contributed by atoms with Crippen molar-refractivity contribution in [2.24, 2.45) is 0 Å². The first kappa shape index (κ1) is 11.5. The van der Waals surface area contributed by atoms with Crippen LogP contribution < -0.4 is 0 Å². The van der Waals surface area contributed by atoms with Gasteiger partial charge in [-0.3, -0.25) is 0 Å². The first-order valence-electron chi connectivity index (χ1n) is 5.54. The molecule has 1 aromatic rings. The third kappa shape index (κ3) is 2.40. The smallest absolute Gasteiger partial charge is 0.190 e. The van der Waals surface area contributed by atoms with Crippen LogP contribution in [-0.2, 0) is 10.8 Å². The van der Waals surface area contributed by atoms with E-state index in [1.165, 1.54) is 0 Å². The summed E-state index contributed by atoms with van der Waals surface area (Å²) in [5, 5.41) is -0.415. The van der Waals surface area contributed by atoms with Gasteiger partial charge in [-0.15, -0.1) is 0 Å². The van der Waals surface area contributed by atoms with Crippen molar-refractivity contribution in [2.45, 2.75) is 37.5 Å². The second-order valence-corrected chi connectivity index (χ2v) is 5.53. The van der Waals surface area contributed by atoms with Crippen LogP contribution in [0.15, 0.2) is 39.9 Å². The lowest BCUT2D eigenvalue weighted by Crippen LogP contribution is -1.95. The fourth-order valence-corrected chi connectivity index (χ4v) is 2.95. The Hall–Kier alpha value is -0.960. The van der Waals surface area contributed by atoms with Crippen molar-refractivity contribution in [3.8, 4) is 0 Å². The fourth-order valence-electron chi connectivity index (χ4n) is 1.89. The highest BCUT2D eigenvalue weighted by Gasteiger charge is 2.18. The van der Waals surface area contributed by atoms with E-state index in [-0.39, 0.29) is 0 Å². The van der Waals surface area contributed by atoms with Gasteiger partial charge in [0.05, 0.1) is 0 Å². The average Bonchev–Trinajstić information content (AvgIpc) is 2.81. The normalized spacial score (nSPS) is 17.5. The van der Waals surface area contributed by atoms with E-state index < -0.39 is 16.0 Å². The van der Waals surface area contributed by atoms with Crippen molar-refractivity contribution in [1.29, 1.82) is 0 Å². The molecule has 0 amide bonds. The van der Waals surface area contributed by atoms with Gasteiger partial charge >= 0.3 is 0 Å². The third-order valence-electron chi connectivity index (χ3n) is 2.88. The van der Waals surface area contributed by atoms with Crippen LogP contribution in [0.2, 0.25) is 0 Å². The van der Waals surface area contributed by atoms with Crippen molar-refractivity contribution in [3.05, 3.63) is 40.6 Å². The Morgan fingerprint density at radius 1 is 1.19 bits per heavy atom. The van der Waals surface area contributed by atoms with E-state index in [9.17, 15) is 8.60 Å². The van der Waals surface area contributed by atoms with Crippen LogP contribution in [0.1, 0.15) is 31.2 Å². The monoisotopic (exact) mass is 238 g/mol. The summed E-state index contributed by atoms with van der Waals surface area (Å²) < 4.78 is 25.8. The lowest BCUT2D eigenvalue weighted by Gasteiger charge is -2.03. The third-order valence-corrected chi connectivity index (χ3v) is 4.20. The van der Waals surface area contributed by atoms with Crippen LogP contribution in [0, 0.1) is 6.92 Å². The molecule has 1 fully saturated rings. The predicted octanol–water partition coefficient (Wildman–Crippen LogP) is 3.86. The number of rotatable bonds is 2. The number of hydrogen-bond acceptors (Lipinski definition) is 1. The molecule has 1 atom stereocenters. The minimum Gasteiger partial charge on any atom is -0.247 e. The highest BCUT2D eigenvalue weighted by Crippen LogP contribution is 2.30. The van der Waals surface area contributed by atoms with Crippen molar-refractivity contribution < 1.29 is 8.60 Å². The molecule has 1 nitrogen and oxygen atoms in total. The zero-order valence-electron chi connectivity index (χ0n) is 9.33. The maximum atomic E-state index is 13.9. The molecule has 1 unspecified atom stereocenters. The van der Waals surface area contributed by atoms with Crippen molar-refractivity contribution >= 4 is 10.8 Å². The van der Waals surface area contributed by atoms with Gasteiger partial charge in [-0.05, 0) is 50.3 Å². The molecule has 1 aliphatic carbocycles. The second-order valence-electron chi connectivity index (χ2n) is 4.17. The molecule has 0 heterocycles. The summed E-state index contributed by atoms with van der Waals surface area (Å²) in [6.07, 6.45) is 3.58. The quantitative estimate of drug-likeness (QED) is 0.764. The molecular weight excluding hydrogens is 223 g/mol. The Morgan fingerprint density at radius 3 is 2.31 bits per heavy atom. The number of aryl methyl sites for hydroxylation is 1. The Kier molecular flexibility index (Phi) is 3.54. The van der Waals surface area contributed by atoms with Crippen LogP contribution in [0.5, 0.6) is 0 Å². The Labute approximate surface area is 97.8 Å². The van der Waals surface area contributed by atoms with E-state index in [2.05, 4.69) is 0 Å². The second kappa shape index (κ2) is 4.91. The molecule has 0 spiro atoms. The molecule has 16 heavy (non-hydrogen) atoms. The number of halogens is 1. The first-order valence-corrected chi connectivity index (χ1v) is 6.69. The molecular formula is C13H15FOS. The van der Waals surface area contributed by atoms with Crippen LogP contribution in [0.4, 0.5) is 4.39 Å². The summed E-state index contributed by atoms with van der Waals surface area (Å²) in [6.45, 7) is 1.96. The van der Waals surface area contributed by atoms with E-state index in [1.54, 1.807) is 12.1 Å². The zero-order chi connectivity index (χ0) is 11.5. The summed E-state index contributed by atoms with van der Waals surface area (Å²) in [5.41, 5.74) is 1.84. The first-order chi connectivity index (χ1) is 7.68. The predicted molar refractivity (Wildman–Crippen MR) is 64.2 cm³/mol. The van der Waals surface area contributed by atoms with Crippen LogP contribution in [0.25, 0.3) is 0 Å². The van der Waals surface area contributed by atoms with Gasteiger partial charge in [0.15, 0.2) is 5.16 Å². The molecule has 0 aliphatic heterocycles. The fraction of sp³-hybridized carbons (Fsp3) is 0.385. The summed E-state index contributed by atoms with van der Waals surface area (Å²) in [4.78, 5) is 0.558. The van der Waals surface area contributed by atoms with E-state index >= 15 is 0 Å². The highest BCUT2D eigenvalue weighted by atomic mass is 32.2. The van der Waals surface area contributed by atoms with Gasteiger partial charge in [0.25, 0.3) is 0 Å². The van der Waals surface area contributed by atoms with Crippen molar-refractivity contribution in [2.75, 3.05) is 0 Å². The summed E-state index contributed by atoms with van der Waals surface area (Å²) in [5.74, 6) is 0. The lowest BCUT2D eigenvalue weighted by atomic mass is 10.2. The molecule has 1 aliphatic rings. The Morgan fingerprint density at radius 2 is 1.75 bits per heavy atom. The summed E-state index contributed by atoms with van der Waals surface area (Å²) in [7, 11) is -1.61. The van der Waals surface area contributed by atoms with Crippen molar-refractivity contribution in [3.63, 3.8) is 0 Å². The summed E-state index contributed by atoms with van der Waals surface area (Å²) >= 11 is 0. The van der Waals surface area contributed by atoms with Gasteiger partial charge in [0, 0.05) is 4.90 Å². The molecule has 0 bridgehead atoms. The van der Waals surface area contributed by atoms with Gasteiger partial charge in [-0.25, -0.2) is 4.21 Å². The van der Waals surface area contributed by atoms with E-state index in [0.717, 1.165) is 36.8 Å². The molecule has 86 valence electrons. The van der Waals surface area contributed by atoms with Crippen molar-refractivity contribution in [1.82, 2.24) is 0 Å². The van der Waals surface area contributed by atoms with Gasteiger partial charge in [0.1, 0.15) is 10.8 Å². The maximum absolute atomic E-state index is 13.9. The molecule has 0 N–H and O–H groups in total. The van der Waals surface area contributed by atoms with E-state index in [1.807, 2.05) is 19.1 Å². The number of hydrogen-bond donors (Lipinski definition) is 0. The topological polar surface area (TPSA) is 17.1 Å². The Balaban J connectivity index is 2.25. The van der Waals surface area contributed by atoms with Gasteiger partial charge < -0.3 is 0 Å². The van der Waals surface area contributed by atoms with Gasteiger partial charge in [0.2, 0.25) is 0 Å². The van der Waals surface area contributed by atoms with Crippen LogP contribution in [-0.4, -0.2) is 4.21 Å². The molecule has 2 rings (SSSR count). The zero-order valence-corrected chi connectivity index (χ0v) is 10.1. The standard InChI is InChI=1S/C13H15FOS/c1-10-6-8-12(9-7-10)16(15)13(14)11-4-2-3-5-11/h6-9H,2-5H2,1H3. The molecule has 3 heteroatoms. The Bertz CT molecular complexity index is 426. The van der Waals surface area contributed by atoms with E-state index in [4.69, 9.17) is 0 Å². The SMILES string of the molecule is Cc1ccc(S(=O)C(F)=C2CCCC2)cc1. The molecule has 0 aromatic heterocycles.